The van der Waals surface area contributed by atoms with Gasteiger partial charge in [-0.05, 0) is 62.6 Å². The van der Waals surface area contributed by atoms with Gasteiger partial charge in [-0.3, -0.25) is 9.78 Å². The summed E-state index contributed by atoms with van der Waals surface area (Å²) in [6.45, 7) is 3.29. The van der Waals surface area contributed by atoms with Crippen molar-refractivity contribution in [3.8, 4) is 5.75 Å². The predicted octanol–water partition coefficient (Wildman–Crippen LogP) is 6.61. The zero-order valence-corrected chi connectivity index (χ0v) is 20.9. The third-order valence-electron chi connectivity index (χ3n) is 6.32. The van der Waals surface area contributed by atoms with Crippen LogP contribution in [0.4, 0.5) is 13.2 Å². The number of nitrogens with zero attached hydrogens (tertiary/aromatic N) is 2. The molecule has 2 N–H and O–H groups in total. The smallest absolute Gasteiger partial charge is 0.418 e. The molecule has 6 nitrogen and oxygen atoms in total. The third kappa shape index (κ3) is 5.72. The van der Waals surface area contributed by atoms with E-state index in [2.05, 4.69) is 15.5 Å². The van der Waals surface area contributed by atoms with Crippen molar-refractivity contribution in [2.75, 3.05) is 6.54 Å². The van der Waals surface area contributed by atoms with E-state index in [0.29, 0.717) is 42.3 Å². The summed E-state index contributed by atoms with van der Waals surface area (Å²) in [5.41, 5.74) is -0.121. The Morgan fingerprint density at radius 2 is 1.84 bits per heavy atom. The second-order valence-corrected chi connectivity index (χ2v) is 9.72. The molecule has 4 rings (SSSR count). The molecule has 0 bridgehead atoms. The first-order valence-electron chi connectivity index (χ1n) is 11.6. The van der Waals surface area contributed by atoms with E-state index in [9.17, 15) is 23.1 Å². The second kappa shape index (κ2) is 10.4. The second-order valence-electron chi connectivity index (χ2n) is 9.28. The largest absolute Gasteiger partial charge is 0.506 e. The van der Waals surface area contributed by atoms with E-state index in [-0.39, 0.29) is 11.6 Å². The molecule has 0 aliphatic heterocycles. The lowest BCUT2D eigenvalue weighted by atomic mass is 9.86. The lowest BCUT2D eigenvalue weighted by Gasteiger charge is -2.24. The lowest BCUT2D eigenvalue weighted by molar-refractivity contribution is -0.138. The number of halogens is 4. The molecular weight excluding hydrogens is 507 g/mol. The standard InChI is InChI=1S/C27H25ClF3N3O3/c1-26(2,24-21(35)14-17(15-33-24)27(29,30)31)25(36)32-13-5-7-19(16-9-11-18(28)12-10-16)23-20-6-3-4-8-22(20)37-34-23/h3-4,6,8-12,14-15,19,35H,5,7,13H2,1-2H3,(H,32,36). The molecule has 1 atom stereocenters. The average molecular weight is 532 g/mol. The number of hydrogen-bond donors (Lipinski definition) is 2. The van der Waals surface area contributed by atoms with Crippen LogP contribution < -0.4 is 5.32 Å². The van der Waals surface area contributed by atoms with E-state index in [1.165, 1.54) is 13.8 Å². The molecule has 0 radical (unpaired) electrons. The van der Waals surface area contributed by atoms with Crippen molar-refractivity contribution < 1.29 is 27.6 Å². The minimum absolute atomic E-state index is 0.119. The number of nitrogens with one attached hydrogen (secondary N) is 1. The zero-order chi connectivity index (χ0) is 26.8. The number of alkyl halides is 3. The molecule has 37 heavy (non-hydrogen) atoms. The van der Waals surface area contributed by atoms with E-state index in [4.69, 9.17) is 16.1 Å². The molecule has 10 heteroatoms. The highest BCUT2D eigenvalue weighted by Crippen LogP contribution is 2.36. The van der Waals surface area contributed by atoms with Crippen molar-refractivity contribution in [2.24, 2.45) is 0 Å². The van der Waals surface area contributed by atoms with Gasteiger partial charge in [-0.15, -0.1) is 0 Å². The number of fused-ring (bicyclic) bond motifs is 1. The van der Waals surface area contributed by atoms with Crippen LogP contribution in [0.2, 0.25) is 5.02 Å². The number of carbonyl (C=O) groups is 1. The summed E-state index contributed by atoms with van der Waals surface area (Å²) >= 11 is 6.07. The normalized spacial score (nSPS) is 13.0. The molecule has 2 aromatic carbocycles. The fraction of sp³-hybridized carbons (Fsp3) is 0.296. The van der Waals surface area contributed by atoms with E-state index >= 15 is 0 Å². The van der Waals surface area contributed by atoms with Crippen molar-refractivity contribution in [3.63, 3.8) is 0 Å². The molecular formula is C27H25ClF3N3O3. The number of aromatic nitrogens is 2. The minimum atomic E-state index is -4.65. The number of amides is 1. The summed E-state index contributed by atoms with van der Waals surface area (Å²) in [4.78, 5) is 16.7. The molecule has 0 aliphatic carbocycles. The fourth-order valence-electron chi connectivity index (χ4n) is 4.24. The van der Waals surface area contributed by atoms with E-state index < -0.39 is 28.8 Å². The number of aromatic hydroxyl groups is 1. The van der Waals surface area contributed by atoms with Crippen LogP contribution in [0.5, 0.6) is 5.75 Å². The SMILES string of the molecule is CC(C)(C(=O)NCCCC(c1ccc(Cl)cc1)c1noc2ccccc12)c1ncc(C(F)(F)F)cc1O. The topological polar surface area (TPSA) is 88.3 Å². The average Bonchev–Trinajstić information content (AvgIpc) is 3.28. The van der Waals surface area contributed by atoms with Crippen LogP contribution in [0, 0.1) is 0 Å². The molecule has 0 fully saturated rings. The Hall–Kier alpha value is -3.59. The maximum atomic E-state index is 12.9. The van der Waals surface area contributed by atoms with Crippen LogP contribution in [-0.4, -0.2) is 27.7 Å². The number of pyridine rings is 1. The molecule has 0 saturated carbocycles. The van der Waals surface area contributed by atoms with E-state index in [0.717, 1.165) is 16.6 Å². The summed E-state index contributed by atoms with van der Waals surface area (Å²) < 4.78 is 44.2. The van der Waals surface area contributed by atoms with Crippen LogP contribution in [0.3, 0.4) is 0 Å². The van der Waals surface area contributed by atoms with Gasteiger partial charge in [0.1, 0.15) is 5.75 Å². The van der Waals surface area contributed by atoms with Crippen LogP contribution in [0.1, 0.15) is 55.1 Å². The van der Waals surface area contributed by atoms with Crippen molar-refractivity contribution in [2.45, 2.75) is 44.2 Å². The fourth-order valence-corrected chi connectivity index (χ4v) is 4.37. The summed E-state index contributed by atoms with van der Waals surface area (Å²) in [7, 11) is 0. The Labute approximate surface area is 216 Å². The summed E-state index contributed by atoms with van der Waals surface area (Å²) in [6, 6.07) is 15.6. The lowest BCUT2D eigenvalue weighted by Crippen LogP contribution is -2.41. The minimum Gasteiger partial charge on any atom is -0.506 e. The Morgan fingerprint density at radius 3 is 2.51 bits per heavy atom. The van der Waals surface area contributed by atoms with Gasteiger partial charge in [-0.2, -0.15) is 13.2 Å². The number of rotatable bonds is 8. The van der Waals surface area contributed by atoms with E-state index in [1.54, 1.807) is 12.1 Å². The predicted molar refractivity (Wildman–Crippen MR) is 133 cm³/mol. The number of hydrogen-bond acceptors (Lipinski definition) is 5. The highest BCUT2D eigenvalue weighted by atomic mass is 35.5. The van der Waals surface area contributed by atoms with Crippen LogP contribution in [-0.2, 0) is 16.4 Å². The summed E-state index contributed by atoms with van der Waals surface area (Å²) in [5.74, 6) is -1.27. The molecule has 0 aliphatic rings. The van der Waals surface area contributed by atoms with Crippen molar-refractivity contribution in [1.82, 2.24) is 15.5 Å². The summed E-state index contributed by atoms with van der Waals surface area (Å²) in [6.07, 6.45) is -2.83. The van der Waals surface area contributed by atoms with Gasteiger partial charge in [0.05, 0.1) is 22.4 Å². The van der Waals surface area contributed by atoms with Crippen molar-refractivity contribution >= 4 is 28.5 Å². The van der Waals surface area contributed by atoms with Gasteiger partial charge in [0.15, 0.2) is 5.58 Å². The van der Waals surface area contributed by atoms with Crippen LogP contribution in [0.15, 0.2) is 65.3 Å². The third-order valence-corrected chi connectivity index (χ3v) is 6.57. The quantitative estimate of drug-likeness (QED) is 0.250. The molecule has 0 saturated heterocycles. The molecule has 1 unspecified atom stereocenters. The Balaban J connectivity index is 1.46. The van der Waals surface area contributed by atoms with Crippen molar-refractivity contribution in [1.29, 1.82) is 0 Å². The number of carbonyl (C=O) groups excluding carboxylic acids is 1. The highest BCUT2D eigenvalue weighted by molar-refractivity contribution is 6.30. The zero-order valence-electron chi connectivity index (χ0n) is 20.1. The van der Waals surface area contributed by atoms with Crippen LogP contribution >= 0.6 is 11.6 Å². The van der Waals surface area contributed by atoms with Gasteiger partial charge in [-0.25, -0.2) is 0 Å². The van der Waals surface area contributed by atoms with Gasteiger partial charge in [-0.1, -0.05) is 41.0 Å². The highest BCUT2D eigenvalue weighted by Gasteiger charge is 2.37. The molecule has 1 amide bonds. The molecule has 194 valence electrons. The first-order valence-corrected chi connectivity index (χ1v) is 12.0. The van der Waals surface area contributed by atoms with Crippen molar-refractivity contribution in [3.05, 3.63) is 88.3 Å². The molecule has 2 heterocycles. The maximum Gasteiger partial charge on any atom is 0.418 e. The Kier molecular flexibility index (Phi) is 7.45. The Morgan fingerprint density at radius 1 is 1.14 bits per heavy atom. The van der Waals surface area contributed by atoms with Gasteiger partial charge < -0.3 is 14.9 Å². The van der Waals surface area contributed by atoms with E-state index in [1.807, 2.05) is 36.4 Å². The summed E-state index contributed by atoms with van der Waals surface area (Å²) in [5, 5.41) is 18.8. The van der Waals surface area contributed by atoms with Gasteiger partial charge in [0.2, 0.25) is 5.91 Å². The Bertz CT molecular complexity index is 1400. The first kappa shape index (κ1) is 26.5. The maximum absolute atomic E-state index is 12.9. The molecule has 0 spiro atoms. The van der Waals surface area contributed by atoms with Gasteiger partial charge in [0.25, 0.3) is 0 Å². The number of para-hydroxylation sites is 1. The molecule has 4 aromatic rings. The first-order chi connectivity index (χ1) is 17.5. The number of benzene rings is 2. The monoisotopic (exact) mass is 531 g/mol. The molecule has 2 aromatic heterocycles. The van der Waals surface area contributed by atoms with Gasteiger partial charge >= 0.3 is 6.18 Å². The van der Waals surface area contributed by atoms with Gasteiger partial charge in [0, 0.05) is 29.1 Å². The van der Waals surface area contributed by atoms with Crippen LogP contribution in [0.25, 0.3) is 11.0 Å².